The lowest BCUT2D eigenvalue weighted by Gasteiger charge is -2.33. The highest BCUT2D eigenvalue weighted by Crippen LogP contribution is 2.40. The molecule has 1 saturated carbocycles. The minimum atomic E-state index is 0.664. The minimum absolute atomic E-state index is 0.664. The van der Waals surface area contributed by atoms with Crippen LogP contribution in [0.5, 0.6) is 0 Å². The van der Waals surface area contributed by atoms with Crippen LogP contribution < -0.4 is 0 Å². The largest absolute Gasteiger partial charge is 0.0949 e. The van der Waals surface area contributed by atoms with E-state index in [1.165, 1.54) is 36.0 Å². The number of allylic oxidation sites excluding steroid dienone is 1. The molecule has 0 aromatic heterocycles. The molecule has 1 fully saturated rings. The van der Waals surface area contributed by atoms with Gasteiger partial charge < -0.3 is 0 Å². The lowest BCUT2D eigenvalue weighted by atomic mass is 9.72. The van der Waals surface area contributed by atoms with E-state index in [9.17, 15) is 0 Å². The van der Waals surface area contributed by atoms with Crippen molar-refractivity contribution in [1.29, 1.82) is 0 Å². The van der Waals surface area contributed by atoms with Crippen molar-refractivity contribution in [2.24, 2.45) is 17.8 Å². The summed E-state index contributed by atoms with van der Waals surface area (Å²) in [5.74, 6) is 2.34. The number of hydrogen-bond acceptors (Lipinski definition) is 0. The third-order valence-corrected chi connectivity index (χ3v) is 4.71. The van der Waals surface area contributed by atoms with Crippen LogP contribution in [0.15, 0.2) is 29.3 Å². The number of halogens is 1. The fourth-order valence-corrected chi connectivity index (χ4v) is 3.75. The van der Waals surface area contributed by atoms with Crippen molar-refractivity contribution in [2.75, 3.05) is 0 Å². The van der Waals surface area contributed by atoms with Crippen molar-refractivity contribution in [3.8, 4) is 0 Å². The molecule has 1 heteroatoms. The zero-order chi connectivity index (χ0) is 13.3. The Morgan fingerprint density at radius 1 is 1.17 bits per heavy atom. The standard InChI is InChI=1S/C17H23Br/c1-11-7-12(2)9-15(8-11)14(4)17-10-16(18)6-5-13(17)3/h5-6,10-12,15H,4,7-9H2,1-3H3. The third kappa shape index (κ3) is 3.06. The van der Waals surface area contributed by atoms with Crippen molar-refractivity contribution in [3.63, 3.8) is 0 Å². The van der Waals surface area contributed by atoms with Crippen LogP contribution in [0.2, 0.25) is 0 Å². The van der Waals surface area contributed by atoms with Crippen LogP contribution in [0.1, 0.15) is 44.2 Å². The Kier molecular flexibility index (Phi) is 4.32. The summed E-state index contributed by atoms with van der Waals surface area (Å²) in [6.07, 6.45) is 3.98. The van der Waals surface area contributed by atoms with Crippen molar-refractivity contribution in [3.05, 3.63) is 40.4 Å². The van der Waals surface area contributed by atoms with Gasteiger partial charge in [-0.2, -0.15) is 0 Å². The second-order valence-electron chi connectivity index (χ2n) is 6.10. The molecule has 0 nitrogen and oxygen atoms in total. The summed E-state index contributed by atoms with van der Waals surface area (Å²) in [5.41, 5.74) is 4.02. The zero-order valence-electron chi connectivity index (χ0n) is 11.7. The average Bonchev–Trinajstić information content (AvgIpc) is 2.30. The maximum absolute atomic E-state index is 4.40. The Bertz CT molecular complexity index is 437. The van der Waals surface area contributed by atoms with Gasteiger partial charge in [-0.1, -0.05) is 42.4 Å². The fourth-order valence-electron chi connectivity index (χ4n) is 3.39. The third-order valence-electron chi connectivity index (χ3n) is 4.22. The summed E-state index contributed by atoms with van der Waals surface area (Å²) < 4.78 is 1.15. The molecule has 0 radical (unpaired) electrons. The molecule has 1 aromatic carbocycles. The Morgan fingerprint density at radius 2 is 1.78 bits per heavy atom. The monoisotopic (exact) mass is 306 g/mol. The molecule has 18 heavy (non-hydrogen) atoms. The highest BCUT2D eigenvalue weighted by atomic mass is 79.9. The van der Waals surface area contributed by atoms with E-state index in [-0.39, 0.29) is 0 Å². The topological polar surface area (TPSA) is 0 Å². The predicted molar refractivity (Wildman–Crippen MR) is 83.6 cm³/mol. The molecule has 0 amide bonds. The highest BCUT2D eigenvalue weighted by Gasteiger charge is 2.26. The summed E-state index contributed by atoms with van der Waals surface area (Å²) in [4.78, 5) is 0. The first-order valence-electron chi connectivity index (χ1n) is 6.92. The van der Waals surface area contributed by atoms with Crippen LogP contribution in [-0.2, 0) is 0 Å². The highest BCUT2D eigenvalue weighted by molar-refractivity contribution is 9.10. The number of rotatable bonds is 2. The molecule has 0 bridgehead atoms. The van der Waals surface area contributed by atoms with Crippen LogP contribution in [0.4, 0.5) is 0 Å². The van der Waals surface area contributed by atoms with Crippen molar-refractivity contribution in [1.82, 2.24) is 0 Å². The molecule has 2 unspecified atom stereocenters. The summed E-state index contributed by atoms with van der Waals surface area (Å²) in [6, 6.07) is 6.51. The molecule has 0 heterocycles. The van der Waals surface area contributed by atoms with Crippen LogP contribution in [-0.4, -0.2) is 0 Å². The van der Waals surface area contributed by atoms with Crippen molar-refractivity contribution < 1.29 is 0 Å². The Morgan fingerprint density at radius 3 is 2.39 bits per heavy atom. The van der Waals surface area contributed by atoms with E-state index in [2.05, 4.69) is 61.5 Å². The van der Waals surface area contributed by atoms with Gasteiger partial charge in [0.15, 0.2) is 0 Å². The van der Waals surface area contributed by atoms with E-state index in [1.807, 2.05) is 0 Å². The average molecular weight is 307 g/mol. The second kappa shape index (κ2) is 5.61. The van der Waals surface area contributed by atoms with E-state index in [0.29, 0.717) is 5.92 Å². The van der Waals surface area contributed by atoms with Gasteiger partial charge in [-0.05, 0) is 72.8 Å². The summed E-state index contributed by atoms with van der Waals surface area (Å²) in [7, 11) is 0. The number of aryl methyl sites for hydroxylation is 1. The predicted octanol–water partition coefficient (Wildman–Crippen LogP) is 5.84. The van der Waals surface area contributed by atoms with Crippen LogP contribution in [0.25, 0.3) is 5.57 Å². The Hall–Kier alpha value is -0.560. The Balaban J connectivity index is 2.22. The molecule has 2 rings (SSSR count). The van der Waals surface area contributed by atoms with E-state index >= 15 is 0 Å². The summed E-state index contributed by atoms with van der Waals surface area (Å²) in [6.45, 7) is 11.3. The Labute approximate surface area is 120 Å². The van der Waals surface area contributed by atoms with Gasteiger partial charge in [0.1, 0.15) is 0 Å². The maximum atomic E-state index is 4.40. The van der Waals surface area contributed by atoms with Gasteiger partial charge in [-0.25, -0.2) is 0 Å². The molecule has 98 valence electrons. The van der Waals surface area contributed by atoms with Gasteiger partial charge >= 0.3 is 0 Å². The van der Waals surface area contributed by atoms with Gasteiger partial charge in [0, 0.05) is 4.47 Å². The molecular weight excluding hydrogens is 284 g/mol. The molecule has 1 aromatic rings. The zero-order valence-corrected chi connectivity index (χ0v) is 13.3. The summed E-state index contributed by atoms with van der Waals surface area (Å²) in [5, 5.41) is 0. The molecule has 0 aliphatic heterocycles. The fraction of sp³-hybridized carbons (Fsp3) is 0.529. The van der Waals surface area contributed by atoms with Crippen molar-refractivity contribution in [2.45, 2.75) is 40.0 Å². The van der Waals surface area contributed by atoms with Crippen LogP contribution in [0, 0.1) is 24.7 Å². The number of benzene rings is 1. The van der Waals surface area contributed by atoms with Gasteiger partial charge in [0.05, 0.1) is 0 Å². The van der Waals surface area contributed by atoms with E-state index in [1.54, 1.807) is 0 Å². The lowest BCUT2D eigenvalue weighted by molar-refractivity contribution is 0.258. The molecule has 1 aliphatic carbocycles. The van der Waals surface area contributed by atoms with Crippen LogP contribution >= 0.6 is 15.9 Å². The van der Waals surface area contributed by atoms with E-state index in [0.717, 1.165) is 16.3 Å². The summed E-state index contributed by atoms with van der Waals surface area (Å²) >= 11 is 3.57. The maximum Gasteiger partial charge on any atom is 0.0181 e. The SMILES string of the molecule is C=C(c1cc(Br)ccc1C)C1CC(C)CC(C)C1. The molecular formula is C17H23Br. The first-order valence-corrected chi connectivity index (χ1v) is 7.72. The van der Waals surface area contributed by atoms with Gasteiger partial charge in [0.25, 0.3) is 0 Å². The van der Waals surface area contributed by atoms with Gasteiger partial charge in [-0.3, -0.25) is 0 Å². The first kappa shape index (κ1) is 13.9. The van der Waals surface area contributed by atoms with Gasteiger partial charge in [0.2, 0.25) is 0 Å². The normalized spacial score (nSPS) is 28.1. The first-order chi connectivity index (χ1) is 8.47. The second-order valence-corrected chi connectivity index (χ2v) is 7.01. The molecule has 0 spiro atoms. The van der Waals surface area contributed by atoms with Crippen LogP contribution in [0.3, 0.4) is 0 Å². The quantitative estimate of drug-likeness (QED) is 0.643. The molecule has 0 saturated heterocycles. The molecule has 2 atom stereocenters. The minimum Gasteiger partial charge on any atom is -0.0949 e. The van der Waals surface area contributed by atoms with E-state index in [4.69, 9.17) is 0 Å². The molecule has 1 aliphatic rings. The molecule has 0 N–H and O–H groups in total. The lowest BCUT2D eigenvalue weighted by Crippen LogP contribution is -2.20. The smallest absolute Gasteiger partial charge is 0.0181 e. The van der Waals surface area contributed by atoms with Gasteiger partial charge in [-0.15, -0.1) is 0 Å². The number of hydrogen-bond donors (Lipinski definition) is 0. The van der Waals surface area contributed by atoms with E-state index < -0.39 is 0 Å². The van der Waals surface area contributed by atoms with Crippen molar-refractivity contribution >= 4 is 21.5 Å².